The summed E-state index contributed by atoms with van der Waals surface area (Å²) in [5.74, 6) is 1.93. The molecule has 3 aliphatic heterocycles. The third kappa shape index (κ3) is 9.06. The van der Waals surface area contributed by atoms with Crippen molar-refractivity contribution >= 4 is 22.0 Å². The quantitative estimate of drug-likeness (QED) is 0.0715. The molecule has 3 atom stereocenters. The van der Waals surface area contributed by atoms with E-state index < -0.39 is 11.0 Å². The first-order valence-electron chi connectivity index (χ1n) is 26.3. The number of benzene rings is 5. The Morgan fingerprint density at radius 2 is 1.39 bits per heavy atom. The minimum atomic E-state index is -0.754. The van der Waals surface area contributed by atoms with Crippen LogP contribution in [0, 0.1) is 0 Å². The van der Waals surface area contributed by atoms with Gasteiger partial charge in [-0.15, -0.1) is 0 Å². The van der Waals surface area contributed by atoms with E-state index in [0.717, 1.165) is 81.7 Å². The van der Waals surface area contributed by atoms with Gasteiger partial charge >= 0.3 is 0 Å². The van der Waals surface area contributed by atoms with Gasteiger partial charge in [0.1, 0.15) is 18.1 Å². The number of hydrogen-bond acceptors (Lipinski definition) is 8. The Labute approximate surface area is 410 Å². The van der Waals surface area contributed by atoms with Gasteiger partial charge in [-0.2, -0.15) is 0 Å². The summed E-state index contributed by atoms with van der Waals surface area (Å²) in [6.07, 6.45) is 17.1. The Morgan fingerprint density at radius 3 is 2.12 bits per heavy atom. The fourth-order valence-corrected chi connectivity index (χ4v) is 12.9. The first-order chi connectivity index (χ1) is 34.1. The third-order valence-corrected chi connectivity index (χ3v) is 15.8. The first kappa shape index (κ1) is 47.7. The number of rotatable bonds is 20. The zero-order chi connectivity index (χ0) is 47.1. The molecule has 0 N–H and O–H groups in total. The maximum absolute atomic E-state index is 7.36. The molecule has 0 saturated carbocycles. The van der Waals surface area contributed by atoms with E-state index in [1.54, 1.807) is 0 Å². The van der Waals surface area contributed by atoms with E-state index in [-0.39, 0.29) is 11.7 Å². The lowest BCUT2D eigenvalue weighted by Gasteiger charge is -2.50. The second-order valence-corrected chi connectivity index (χ2v) is 19.8. The molecule has 10 rings (SSSR count). The number of anilines is 1. The van der Waals surface area contributed by atoms with Crippen molar-refractivity contribution in [2.45, 2.75) is 114 Å². The van der Waals surface area contributed by atoms with Crippen LogP contribution in [0.1, 0.15) is 119 Å². The van der Waals surface area contributed by atoms with Crippen molar-refractivity contribution in [1.29, 1.82) is 0 Å². The molecule has 5 aromatic carbocycles. The number of piperidine rings is 1. The summed E-state index contributed by atoms with van der Waals surface area (Å²) in [6, 6.07) is 38.5. The van der Waals surface area contributed by atoms with Gasteiger partial charge in [0.2, 0.25) is 0 Å². The molecular weight excluding hydrogens is 859 g/mol. The van der Waals surface area contributed by atoms with Gasteiger partial charge in [0.05, 0.1) is 57.8 Å². The summed E-state index contributed by atoms with van der Waals surface area (Å²) in [7, 11) is 1.85. The van der Waals surface area contributed by atoms with Gasteiger partial charge in [-0.3, -0.25) is 0 Å². The molecule has 2 fully saturated rings. The molecule has 3 unspecified atom stereocenters. The summed E-state index contributed by atoms with van der Waals surface area (Å²) < 4.78 is 44.9. The average molecular weight is 932 g/mol. The van der Waals surface area contributed by atoms with Gasteiger partial charge in [-0.25, -0.2) is 0 Å². The van der Waals surface area contributed by atoms with Crippen LogP contribution in [0.3, 0.4) is 0 Å². The van der Waals surface area contributed by atoms with Gasteiger partial charge in [0, 0.05) is 54.6 Å². The van der Waals surface area contributed by atoms with Crippen molar-refractivity contribution in [1.82, 2.24) is 0 Å². The Balaban J connectivity index is 1.07. The molecule has 69 heavy (non-hydrogen) atoms. The van der Waals surface area contributed by atoms with Crippen LogP contribution in [0.15, 0.2) is 121 Å². The summed E-state index contributed by atoms with van der Waals surface area (Å²) >= 11 is 0. The second-order valence-electron chi connectivity index (χ2n) is 19.8. The molecule has 5 aliphatic rings. The molecule has 364 valence electrons. The van der Waals surface area contributed by atoms with Crippen LogP contribution >= 0.6 is 0 Å². The van der Waals surface area contributed by atoms with Gasteiger partial charge in [-0.05, 0) is 126 Å². The van der Waals surface area contributed by atoms with Crippen LogP contribution in [-0.4, -0.2) is 79.3 Å². The largest absolute Gasteiger partial charge is 0.500 e. The molecule has 5 aromatic rings. The number of nitrogens with zero attached hydrogens (tertiary/aromatic N) is 1. The Kier molecular flexibility index (Phi) is 14.9. The highest BCUT2D eigenvalue weighted by molar-refractivity contribution is 6.11. The molecule has 2 saturated heterocycles. The SMILES string of the molecule is CCCC1(CCC)c2ccccc2-c2c1c1c(c3ccc(N4CCCCC4)cc23)OCC=C1C1(c2ccccc2)CC(OCCOCCOCCOC2CCCCO2)(c2ccccc2)CC=C1OC. The maximum atomic E-state index is 7.36. The number of hydrogen-bond donors (Lipinski definition) is 0. The highest BCUT2D eigenvalue weighted by Gasteiger charge is 2.56. The molecule has 0 spiro atoms. The summed E-state index contributed by atoms with van der Waals surface area (Å²) in [5.41, 5.74) is 10.00. The minimum absolute atomic E-state index is 0.105. The van der Waals surface area contributed by atoms with Crippen LogP contribution in [-0.2, 0) is 44.9 Å². The molecule has 0 amide bonds. The lowest BCUT2D eigenvalue weighted by Crippen LogP contribution is -2.46. The Morgan fingerprint density at radius 1 is 0.681 bits per heavy atom. The highest BCUT2D eigenvalue weighted by atomic mass is 16.7. The van der Waals surface area contributed by atoms with Crippen LogP contribution < -0.4 is 9.64 Å². The summed E-state index contributed by atoms with van der Waals surface area (Å²) in [4.78, 5) is 2.60. The number of allylic oxidation sites excluding steroid dienone is 1. The zero-order valence-electron chi connectivity index (χ0n) is 41.4. The topological polar surface area (TPSA) is 67.9 Å². The number of ether oxygens (including phenoxy) is 7. The van der Waals surface area contributed by atoms with Gasteiger partial charge < -0.3 is 38.1 Å². The van der Waals surface area contributed by atoms with Crippen LogP contribution in [0.4, 0.5) is 5.69 Å². The van der Waals surface area contributed by atoms with Crippen molar-refractivity contribution in [2.24, 2.45) is 0 Å². The van der Waals surface area contributed by atoms with E-state index in [4.69, 9.17) is 33.2 Å². The normalized spacial score (nSPS) is 22.8. The average Bonchev–Trinajstić information content (AvgIpc) is 3.69. The fourth-order valence-electron chi connectivity index (χ4n) is 12.9. The smallest absolute Gasteiger partial charge is 0.157 e. The summed E-state index contributed by atoms with van der Waals surface area (Å²) in [6.45, 7) is 11.0. The van der Waals surface area contributed by atoms with E-state index in [1.807, 2.05) is 7.11 Å². The lowest BCUT2D eigenvalue weighted by molar-refractivity contribution is -0.169. The van der Waals surface area contributed by atoms with Gasteiger partial charge in [0.25, 0.3) is 0 Å². The predicted octanol–water partition coefficient (Wildman–Crippen LogP) is 13.2. The second kappa shape index (κ2) is 21.6. The van der Waals surface area contributed by atoms with Crippen LogP contribution in [0.2, 0.25) is 0 Å². The Hall–Kier alpha value is -4.96. The third-order valence-electron chi connectivity index (χ3n) is 15.8. The van der Waals surface area contributed by atoms with Crippen molar-refractivity contribution in [2.75, 3.05) is 78.0 Å². The molecule has 0 radical (unpaired) electrons. The Bertz CT molecular complexity index is 2570. The standard InChI is InChI=1S/C61H73NO7/c1-4-30-59(31-5-2)51-24-14-13-23-49(51)55-50-43-47(62-33-16-8-17-34-62)26-27-48(50)58-56(57(55)59)52(29-36-68-58)61(46-21-11-7-12-22-46)44-60(32-28-53(61)63-3,45-19-9-6-10-20-45)69-42-40-65-38-37-64-39-41-67-54-25-15-18-35-66-54/h6-7,9-14,19-24,26-29,43,54H,4-5,8,15-18,25,30-42,44H2,1-3H3. The predicted molar refractivity (Wildman–Crippen MR) is 277 cm³/mol. The lowest BCUT2D eigenvalue weighted by atomic mass is 9.58. The van der Waals surface area contributed by atoms with Crippen LogP contribution in [0.5, 0.6) is 5.75 Å². The number of methoxy groups -OCH3 is 1. The van der Waals surface area contributed by atoms with E-state index >= 15 is 0 Å². The molecule has 8 heteroatoms. The number of fused-ring (bicyclic) bond motifs is 8. The van der Waals surface area contributed by atoms with Crippen molar-refractivity contribution in [3.05, 3.63) is 149 Å². The zero-order valence-corrected chi connectivity index (χ0v) is 41.4. The van der Waals surface area contributed by atoms with E-state index in [0.29, 0.717) is 59.1 Å². The van der Waals surface area contributed by atoms with E-state index in [9.17, 15) is 0 Å². The first-order valence-corrected chi connectivity index (χ1v) is 26.3. The molecular formula is C61H73NO7. The van der Waals surface area contributed by atoms with Gasteiger partial charge in [0.15, 0.2) is 6.29 Å². The molecule has 2 aliphatic carbocycles. The molecule has 8 nitrogen and oxygen atoms in total. The highest BCUT2D eigenvalue weighted by Crippen LogP contribution is 2.65. The van der Waals surface area contributed by atoms with E-state index in [2.05, 4.69) is 134 Å². The molecule has 0 bridgehead atoms. The van der Waals surface area contributed by atoms with Crippen molar-refractivity contribution in [3.8, 4) is 16.9 Å². The maximum Gasteiger partial charge on any atom is 0.157 e. The monoisotopic (exact) mass is 932 g/mol. The van der Waals surface area contributed by atoms with Crippen molar-refractivity contribution in [3.63, 3.8) is 0 Å². The molecule has 3 heterocycles. The van der Waals surface area contributed by atoms with Crippen LogP contribution in [0.25, 0.3) is 27.5 Å². The van der Waals surface area contributed by atoms with Crippen molar-refractivity contribution < 1.29 is 33.2 Å². The fraction of sp³-hybridized carbons (Fsp3) is 0.475. The van der Waals surface area contributed by atoms with Gasteiger partial charge in [-0.1, -0.05) is 112 Å². The summed E-state index contributed by atoms with van der Waals surface area (Å²) in [5, 5.41) is 2.47. The minimum Gasteiger partial charge on any atom is -0.500 e. The van der Waals surface area contributed by atoms with E-state index in [1.165, 1.54) is 74.7 Å². The molecule has 0 aromatic heterocycles.